The Bertz CT molecular complexity index is 246. The third-order valence-corrected chi connectivity index (χ3v) is 1.41. The summed E-state index contributed by atoms with van der Waals surface area (Å²) in [6.45, 7) is 0.467. The molecule has 1 N–H and O–H groups in total. The van der Waals surface area contributed by atoms with Crippen LogP contribution in [0.15, 0.2) is 30.3 Å². The molecule has 0 fully saturated rings. The lowest BCUT2D eigenvalue weighted by molar-refractivity contribution is 0.183. The predicted molar refractivity (Wildman–Crippen MR) is 45.1 cm³/mol. The molecule has 0 atom stereocenters. The van der Waals surface area contributed by atoms with Gasteiger partial charge in [0.25, 0.3) is 0 Å². The highest BCUT2D eigenvalue weighted by Gasteiger charge is 1.96. The summed E-state index contributed by atoms with van der Waals surface area (Å²) in [5, 5.41) is 2.52. The monoisotopic (exact) mass is 164 g/mol. The predicted octanol–water partition coefficient (Wildman–Crippen LogP) is 1.70. The number of carbonyl (C=O) groups excluding carboxylic acids is 1. The van der Waals surface area contributed by atoms with Crippen molar-refractivity contribution in [2.75, 3.05) is 0 Å². The van der Waals surface area contributed by atoms with Crippen molar-refractivity contribution in [3.63, 3.8) is 0 Å². The van der Waals surface area contributed by atoms with E-state index in [-0.39, 0.29) is 0 Å². The van der Waals surface area contributed by atoms with E-state index >= 15 is 0 Å². The normalized spacial score (nSPS) is 9.08. The number of rotatable bonds is 2. The van der Waals surface area contributed by atoms with Crippen molar-refractivity contribution in [3.8, 4) is 0 Å². The molecule has 3 nitrogen and oxygen atoms in total. The van der Waals surface area contributed by atoms with Crippen LogP contribution in [0.25, 0.3) is 0 Å². The van der Waals surface area contributed by atoms with E-state index in [1.165, 1.54) is 0 Å². The quantitative estimate of drug-likeness (QED) is 0.722. The van der Waals surface area contributed by atoms with Gasteiger partial charge in [0, 0.05) is 6.54 Å². The summed E-state index contributed by atoms with van der Waals surface area (Å²) < 4.78 is 4.17. The molecule has 0 saturated heterocycles. The van der Waals surface area contributed by atoms with E-state index < -0.39 is 6.09 Å². The number of hydrogen-bond donors (Lipinski definition) is 1. The zero-order valence-corrected chi connectivity index (χ0v) is 6.62. The Morgan fingerprint density at radius 1 is 1.42 bits per heavy atom. The first-order valence-corrected chi connectivity index (χ1v) is 3.56. The van der Waals surface area contributed by atoms with E-state index in [1.54, 1.807) is 0 Å². The minimum Gasteiger partial charge on any atom is -0.446 e. The van der Waals surface area contributed by atoms with Crippen molar-refractivity contribution in [2.24, 2.45) is 0 Å². The van der Waals surface area contributed by atoms with Gasteiger partial charge in [-0.3, -0.25) is 0 Å². The molecule has 0 aliphatic heterocycles. The molecule has 63 valence electrons. The molecule has 0 spiro atoms. The summed E-state index contributed by atoms with van der Waals surface area (Å²) in [7, 11) is 2.99. The number of carbonyl (C=O) groups is 1. The maximum absolute atomic E-state index is 10.6. The number of alkyl carbamates (subject to hydrolysis) is 1. The second kappa shape index (κ2) is 4.38. The van der Waals surface area contributed by atoms with Gasteiger partial charge in [0.2, 0.25) is 0 Å². The summed E-state index contributed by atoms with van der Waals surface area (Å²) in [5.41, 5.74) is 1.03. The van der Waals surface area contributed by atoms with Crippen LogP contribution in [0.1, 0.15) is 5.56 Å². The lowest BCUT2D eigenvalue weighted by atomic mass is 10.2. The minimum atomic E-state index is -0.515. The van der Waals surface area contributed by atoms with Gasteiger partial charge in [-0.05, 0) is 5.56 Å². The average Bonchev–Trinajstić information content (AvgIpc) is 2.16. The number of ether oxygens (including phenoxy) is 1. The molecule has 1 rings (SSSR count). The van der Waals surface area contributed by atoms with E-state index in [2.05, 4.69) is 17.2 Å². The first-order chi connectivity index (χ1) is 5.83. The number of nitrogens with one attached hydrogen (secondary N) is 1. The minimum absolute atomic E-state index is 0.467. The van der Waals surface area contributed by atoms with E-state index in [0.717, 1.165) is 5.56 Å². The van der Waals surface area contributed by atoms with Crippen LogP contribution in [0.5, 0.6) is 0 Å². The fourth-order valence-electron chi connectivity index (χ4n) is 0.821. The van der Waals surface area contributed by atoms with Crippen LogP contribution >= 0.6 is 0 Å². The standard InChI is InChI=1S/C9H10NO2/c1-12-9(11)10-7-8-5-3-2-4-6-8/h2-6H,1,7H2,(H,10,11). The lowest BCUT2D eigenvalue weighted by Gasteiger charge is -2.02. The number of hydrogen-bond acceptors (Lipinski definition) is 2. The van der Waals surface area contributed by atoms with Crippen molar-refractivity contribution >= 4 is 6.09 Å². The third kappa shape index (κ3) is 2.62. The van der Waals surface area contributed by atoms with Gasteiger partial charge in [0.05, 0.1) is 0 Å². The van der Waals surface area contributed by atoms with Gasteiger partial charge in [0.15, 0.2) is 0 Å². The highest BCUT2D eigenvalue weighted by Crippen LogP contribution is 1.96. The molecule has 0 aromatic heterocycles. The molecule has 1 aromatic carbocycles. The van der Waals surface area contributed by atoms with E-state index in [9.17, 15) is 4.79 Å². The number of amides is 1. The first-order valence-electron chi connectivity index (χ1n) is 3.56. The zero-order valence-electron chi connectivity index (χ0n) is 6.62. The highest BCUT2D eigenvalue weighted by molar-refractivity contribution is 5.67. The van der Waals surface area contributed by atoms with Gasteiger partial charge in [-0.25, -0.2) is 4.79 Å². The van der Waals surface area contributed by atoms with Gasteiger partial charge in [-0.15, -0.1) is 0 Å². The van der Waals surface area contributed by atoms with Crippen molar-refractivity contribution in [1.82, 2.24) is 5.32 Å². The Morgan fingerprint density at radius 2 is 2.08 bits per heavy atom. The Kier molecular flexibility index (Phi) is 3.14. The van der Waals surface area contributed by atoms with E-state index in [0.29, 0.717) is 6.54 Å². The van der Waals surface area contributed by atoms with Crippen molar-refractivity contribution in [3.05, 3.63) is 43.0 Å². The number of benzene rings is 1. The summed E-state index contributed by atoms with van der Waals surface area (Å²) in [4.78, 5) is 10.6. The Hall–Kier alpha value is -1.51. The Labute approximate surface area is 71.4 Å². The lowest BCUT2D eigenvalue weighted by Crippen LogP contribution is -2.21. The van der Waals surface area contributed by atoms with Crippen LogP contribution in [0.4, 0.5) is 4.79 Å². The molecule has 12 heavy (non-hydrogen) atoms. The largest absolute Gasteiger partial charge is 0.446 e. The van der Waals surface area contributed by atoms with Gasteiger partial charge >= 0.3 is 6.09 Å². The fraction of sp³-hybridized carbons (Fsp3) is 0.111. The molecule has 1 amide bonds. The van der Waals surface area contributed by atoms with Gasteiger partial charge in [-0.1, -0.05) is 30.3 Å². The summed E-state index contributed by atoms with van der Waals surface area (Å²) in [6.07, 6.45) is -0.515. The van der Waals surface area contributed by atoms with E-state index in [1.807, 2.05) is 30.3 Å². The van der Waals surface area contributed by atoms with Gasteiger partial charge < -0.3 is 10.1 Å². The molecule has 0 unspecified atom stereocenters. The Balaban J connectivity index is 2.38. The van der Waals surface area contributed by atoms with E-state index in [4.69, 9.17) is 0 Å². The molecule has 3 heteroatoms. The molecular weight excluding hydrogens is 154 g/mol. The molecule has 1 aromatic rings. The summed E-state index contributed by atoms with van der Waals surface area (Å²) in [6, 6.07) is 9.58. The second-order valence-corrected chi connectivity index (χ2v) is 2.27. The van der Waals surface area contributed by atoms with Gasteiger partial charge in [-0.2, -0.15) is 0 Å². The maximum Gasteiger partial charge on any atom is 0.407 e. The van der Waals surface area contributed by atoms with Crippen molar-refractivity contribution in [2.45, 2.75) is 6.54 Å². The molecule has 0 aliphatic rings. The zero-order chi connectivity index (χ0) is 8.81. The average molecular weight is 164 g/mol. The first kappa shape index (κ1) is 8.59. The smallest absolute Gasteiger partial charge is 0.407 e. The fourth-order valence-corrected chi connectivity index (χ4v) is 0.821. The molecule has 1 radical (unpaired) electrons. The summed E-state index contributed by atoms with van der Waals surface area (Å²) in [5.74, 6) is 0. The molecule has 0 heterocycles. The molecular formula is C9H10NO2. The maximum atomic E-state index is 10.6. The van der Waals surface area contributed by atoms with Crippen LogP contribution in [-0.2, 0) is 11.3 Å². The third-order valence-electron chi connectivity index (χ3n) is 1.41. The van der Waals surface area contributed by atoms with Crippen LogP contribution < -0.4 is 5.32 Å². The van der Waals surface area contributed by atoms with Crippen LogP contribution in [0.3, 0.4) is 0 Å². The SMILES string of the molecule is [CH2]OC(=O)NCc1ccccc1. The van der Waals surface area contributed by atoms with Crippen LogP contribution in [-0.4, -0.2) is 6.09 Å². The molecule has 0 bridgehead atoms. The highest BCUT2D eigenvalue weighted by atomic mass is 16.5. The van der Waals surface area contributed by atoms with Gasteiger partial charge in [0.1, 0.15) is 7.11 Å². The van der Waals surface area contributed by atoms with Crippen molar-refractivity contribution in [1.29, 1.82) is 0 Å². The molecule has 0 saturated carbocycles. The van der Waals surface area contributed by atoms with Crippen LogP contribution in [0.2, 0.25) is 0 Å². The Morgan fingerprint density at radius 3 is 2.67 bits per heavy atom. The van der Waals surface area contributed by atoms with Crippen molar-refractivity contribution < 1.29 is 9.53 Å². The second-order valence-electron chi connectivity index (χ2n) is 2.27. The molecule has 0 aliphatic carbocycles. The topological polar surface area (TPSA) is 38.3 Å². The van der Waals surface area contributed by atoms with Crippen LogP contribution in [0, 0.1) is 7.11 Å². The summed E-state index contributed by atoms with van der Waals surface area (Å²) >= 11 is 0.